The van der Waals surface area contributed by atoms with Crippen molar-refractivity contribution in [1.82, 2.24) is 59.3 Å². The van der Waals surface area contributed by atoms with E-state index < -0.39 is 17.8 Å². The highest BCUT2D eigenvalue weighted by molar-refractivity contribution is 6.36. The second-order valence-electron chi connectivity index (χ2n) is 33.9. The molecule has 0 saturated carbocycles. The van der Waals surface area contributed by atoms with Gasteiger partial charge in [0.1, 0.15) is 55.4 Å². The number of aliphatic hydroxyl groups is 1. The number of anilines is 6. The van der Waals surface area contributed by atoms with E-state index in [1.54, 1.807) is 32.6 Å². The van der Waals surface area contributed by atoms with Gasteiger partial charge in [0.25, 0.3) is 5.91 Å². The van der Waals surface area contributed by atoms with Crippen LogP contribution in [0.2, 0.25) is 5.02 Å². The number of piperazine rings is 3. The van der Waals surface area contributed by atoms with Crippen LogP contribution in [-0.4, -0.2) is 283 Å². The molecule has 28 nitrogen and oxygen atoms in total. The molecule has 7 atom stereocenters. The van der Waals surface area contributed by atoms with E-state index in [1.807, 2.05) is 19.2 Å². The Morgan fingerprint density at radius 1 is 0.512 bits per heavy atom. The minimum atomic E-state index is -4.49. The molecule has 0 unspecified atom stereocenters. The van der Waals surface area contributed by atoms with Crippen LogP contribution in [-0.2, 0) is 59.5 Å². The molecule has 3 aromatic heterocycles. The number of halogens is 4. The van der Waals surface area contributed by atoms with Crippen molar-refractivity contribution >= 4 is 85.4 Å². The van der Waals surface area contributed by atoms with Crippen LogP contribution >= 0.6 is 11.6 Å². The Bertz CT molecular complexity index is 5580. The van der Waals surface area contributed by atoms with Gasteiger partial charge >= 0.3 is 24.2 Å². The van der Waals surface area contributed by atoms with E-state index in [-0.39, 0.29) is 91.4 Å². The van der Waals surface area contributed by atoms with E-state index in [0.717, 1.165) is 139 Å². The molecule has 6 saturated heterocycles. The molecule has 9 aliphatic heterocycles. The summed E-state index contributed by atoms with van der Waals surface area (Å²) in [6, 6.07) is 32.2. The Kier molecular flexibility index (Phi) is 28.4. The van der Waals surface area contributed by atoms with Crippen molar-refractivity contribution < 1.29 is 46.9 Å². The number of likely N-dealkylation sites (tertiary alicyclic amines) is 3. The molecule has 0 aliphatic carbocycles. The number of aliphatic hydroxyl groups excluding tert-OH is 1. The molecule has 0 radical (unpaired) electrons. The molecule has 664 valence electrons. The maximum absolute atomic E-state index is 14.1. The van der Waals surface area contributed by atoms with E-state index >= 15 is 0 Å². The van der Waals surface area contributed by atoms with Gasteiger partial charge in [-0.1, -0.05) is 103 Å². The highest BCUT2D eigenvalue weighted by Gasteiger charge is 2.43. The first-order valence-electron chi connectivity index (χ1n) is 43.8. The third kappa shape index (κ3) is 20.0. The quantitative estimate of drug-likeness (QED) is 0.0425. The number of fused-ring (bicyclic) bond motifs is 5. The number of alkyl halides is 3. The van der Waals surface area contributed by atoms with Gasteiger partial charge in [0.05, 0.1) is 59.4 Å². The maximum Gasteiger partial charge on any atom is 0.418 e. The number of hydrogen-bond acceptors (Lipinski definition) is 22. The zero-order valence-corrected chi connectivity index (χ0v) is 73.5. The van der Waals surface area contributed by atoms with E-state index in [0.29, 0.717) is 134 Å². The summed E-state index contributed by atoms with van der Waals surface area (Å²) in [5.41, 5.74) is 7.47. The van der Waals surface area contributed by atoms with Gasteiger partial charge in [0, 0.05) is 142 Å². The van der Waals surface area contributed by atoms with Crippen LogP contribution in [0.4, 0.5) is 47.7 Å². The first-order valence-corrected chi connectivity index (χ1v) is 44.2. The minimum Gasteiger partial charge on any atom is -0.462 e. The van der Waals surface area contributed by atoms with Gasteiger partial charge in [0.15, 0.2) is 0 Å². The number of aromatic nitrogens is 6. The molecular formula is C95H109ClF3N21O7. The molecule has 9 aliphatic rings. The average Bonchev–Trinajstić information content (AvgIpc) is 1.04. The number of amides is 3. The van der Waals surface area contributed by atoms with Gasteiger partial charge in [-0.2, -0.15) is 43.1 Å². The summed E-state index contributed by atoms with van der Waals surface area (Å²) in [6.07, 6.45) is 4.69. The summed E-state index contributed by atoms with van der Waals surface area (Å²) in [7, 11) is 6.18. The lowest BCUT2D eigenvalue weighted by Gasteiger charge is -2.41. The summed E-state index contributed by atoms with van der Waals surface area (Å²) < 4.78 is 60.9. The Labute approximate surface area is 745 Å². The molecule has 1 N–H and O–H groups in total. The summed E-state index contributed by atoms with van der Waals surface area (Å²) in [5, 5.41) is 15.8. The molecule has 0 spiro atoms. The molecule has 32 heteroatoms. The van der Waals surface area contributed by atoms with Crippen LogP contribution in [0.25, 0.3) is 36.1 Å². The normalized spacial score (nSPS) is 21.4. The fraction of sp³-hybridized carbons (Fsp3) is 0.474. The zero-order valence-electron chi connectivity index (χ0n) is 72.8. The number of ether oxygens (including phenoxy) is 3. The van der Waals surface area contributed by atoms with Crippen molar-refractivity contribution in [2.75, 3.05) is 188 Å². The van der Waals surface area contributed by atoms with E-state index in [2.05, 4.69) is 160 Å². The number of nitrogens with zero attached hydrogens (tertiary/aromatic N) is 21. The molecule has 6 fully saturated rings. The van der Waals surface area contributed by atoms with Crippen molar-refractivity contribution in [2.24, 2.45) is 0 Å². The number of carbonyl (C=O) groups excluding carboxylic acids is 3. The number of likely N-dealkylation sites (N-methyl/N-ethyl adjacent to an activating group) is 3. The molecule has 5 aromatic carbocycles. The second-order valence-corrected chi connectivity index (χ2v) is 34.3. The van der Waals surface area contributed by atoms with Crippen molar-refractivity contribution in [3.8, 4) is 29.9 Å². The van der Waals surface area contributed by atoms with Crippen molar-refractivity contribution in [1.29, 1.82) is 0 Å². The topological polar surface area (TPSA) is 228 Å². The minimum absolute atomic E-state index is 0.114. The lowest BCUT2D eigenvalue weighted by molar-refractivity contribution is -0.137. The Balaban J connectivity index is 0.000000147. The third-order valence-electron chi connectivity index (χ3n) is 26.2. The van der Waals surface area contributed by atoms with Gasteiger partial charge in [0.2, 0.25) is 31.4 Å². The fourth-order valence-corrected chi connectivity index (χ4v) is 19.6. The van der Waals surface area contributed by atoms with Gasteiger partial charge in [-0.25, -0.2) is 19.7 Å². The summed E-state index contributed by atoms with van der Waals surface area (Å²) in [4.78, 5) is 103. The highest BCUT2D eigenvalue weighted by atomic mass is 35.5. The molecule has 8 aromatic rings. The van der Waals surface area contributed by atoms with Crippen molar-refractivity contribution in [3.05, 3.63) is 207 Å². The number of hydrogen-bond donors (Lipinski definition) is 1. The van der Waals surface area contributed by atoms with Crippen LogP contribution in [0.15, 0.2) is 122 Å². The van der Waals surface area contributed by atoms with E-state index in [9.17, 15) is 32.7 Å². The van der Waals surface area contributed by atoms with Crippen LogP contribution in [0.3, 0.4) is 0 Å². The predicted molar refractivity (Wildman–Crippen MR) is 486 cm³/mol. The first-order chi connectivity index (χ1) is 61.5. The van der Waals surface area contributed by atoms with Crippen molar-refractivity contribution in [3.63, 3.8) is 0 Å². The molecule has 3 amide bonds. The average molecular weight is 1750 g/mol. The van der Waals surface area contributed by atoms with Gasteiger partial charge < -0.3 is 87.8 Å². The van der Waals surface area contributed by atoms with Crippen LogP contribution in [0, 0.1) is 38.5 Å². The number of carbonyl (C=O) groups is 3. The largest absolute Gasteiger partial charge is 0.462 e. The van der Waals surface area contributed by atoms with Crippen molar-refractivity contribution in [2.45, 2.75) is 133 Å². The van der Waals surface area contributed by atoms with Crippen LogP contribution < -0.4 is 43.6 Å². The third-order valence-corrected chi connectivity index (χ3v) is 26.5. The Morgan fingerprint density at radius 3 is 1.41 bits per heavy atom. The lowest BCUT2D eigenvalue weighted by Crippen LogP contribution is -2.56. The molecular weight excluding hydrogens is 1640 g/mol. The molecule has 12 heterocycles. The van der Waals surface area contributed by atoms with Gasteiger partial charge in [-0.15, -0.1) is 0 Å². The standard InChI is InChI=1S/C33H36ClN7O2.C32H37N7O3.C30H36F3N7O2/c1-4-8-30(42)41-18-17-40(20-25(41)19-35-2)32-26-14-16-39(29-13-6-10-23-9-5-12-27(34)31(23)29)21-28(26)36-33(37-32)43-22-24-11-7-15-38(24)3;1-4-30(41)39-17-16-38(19-23(39)18-33-2)31-25-12-15-37(27-11-7-9-22-8-5-6-10-24(22)27)20-26(25)34-32(35-31)42-21-28-29(40)13-14-36(28)3;1-5-26(41)40-15-14-39(17-22(40)16-34-3)28-23-11-13-38(25-10-6-8-20(2)27(25)30(31,32)33)18-24(23)35-29(36-28)42-19-21-9-7-12-37(21)4/h5-6,9-10,12-13,24-25H,7,11,14-22H2,1,3H3;4-11,23,28-29,40H,1,12-21H2,3H3;5-6,8,10,21-22H,1,7,9,11-19H2,2,4H3/t24-,25-;23-,28+,29-;21-,22-/m000/s1. The van der Waals surface area contributed by atoms with Crippen LogP contribution in [0.5, 0.6) is 18.0 Å². The number of aryl methyl sites for hydroxylation is 1. The fourth-order valence-electron chi connectivity index (χ4n) is 19.4. The Morgan fingerprint density at radius 2 is 0.945 bits per heavy atom. The molecule has 127 heavy (non-hydrogen) atoms. The summed E-state index contributed by atoms with van der Waals surface area (Å²) in [6.45, 7) is 45.3. The van der Waals surface area contributed by atoms with Gasteiger partial charge in [-0.3, -0.25) is 19.3 Å². The number of rotatable bonds is 20. The van der Waals surface area contributed by atoms with E-state index in [4.69, 9.17) is 75.4 Å². The lowest BCUT2D eigenvalue weighted by atomic mass is 10.00. The summed E-state index contributed by atoms with van der Waals surface area (Å²) >= 11 is 6.70. The Hall–Kier alpha value is -12.1. The zero-order chi connectivity index (χ0) is 89.2. The second kappa shape index (κ2) is 40.3. The number of benzene rings is 5. The maximum atomic E-state index is 14.1. The van der Waals surface area contributed by atoms with E-state index in [1.165, 1.54) is 47.7 Å². The highest BCUT2D eigenvalue weighted by Crippen LogP contribution is 2.44. The first kappa shape index (κ1) is 89.7. The predicted octanol–water partition coefficient (Wildman–Crippen LogP) is 11.0. The van der Waals surface area contributed by atoms with Crippen LogP contribution in [0.1, 0.15) is 83.9 Å². The molecule has 0 bridgehead atoms. The summed E-state index contributed by atoms with van der Waals surface area (Å²) in [5.74, 6) is 7.09. The smallest absolute Gasteiger partial charge is 0.418 e. The molecule has 17 rings (SSSR count). The SMILES string of the molecule is [C-]#[N+]C[C@H]1CN(c2nc(OC[C@@H]3CCCN3C)nc3c2CCN(c2cccc(C)c2C(F)(F)F)C3)CCN1C(=O)C=C.[C-]#[N+]C[C@H]1CN(c2nc(OC[C@@H]3CCCN3C)nc3c2CCN(c2cccc4cccc(Cl)c24)C3)CCN1C(=O)C#CC.[C-]#[N+]C[C@H]1CN(c2nc(OC[C@@H]3[C@@H](O)CCN3C)nc3c2CCN(c2cccc4ccccc24)C3)CCN1C(=O)C=C. The van der Waals surface area contributed by atoms with Gasteiger partial charge in [-0.05, 0) is 158 Å². The monoisotopic (exact) mass is 1750 g/mol.